The molecule has 33 heavy (non-hydrogen) atoms. The van der Waals surface area contributed by atoms with Gasteiger partial charge in [-0.25, -0.2) is 12.8 Å². The summed E-state index contributed by atoms with van der Waals surface area (Å²) in [6.07, 6.45) is 3.23. The van der Waals surface area contributed by atoms with Gasteiger partial charge in [-0.05, 0) is 67.8 Å². The zero-order valence-corrected chi connectivity index (χ0v) is 19.2. The van der Waals surface area contributed by atoms with E-state index in [1.165, 1.54) is 47.8 Å². The number of anilines is 3. The molecule has 1 amide bonds. The van der Waals surface area contributed by atoms with Gasteiger partial charge in [0.2, 0.25) is 0 Å². The van der Waals surface area contributed by atoms with E-state index in [0.717, 1.165) is 38.0 Å². The van der Waals surface area contributed by atoms with Crippen molar-refractivity contribution in [2.75, 3.05) is 34.7 Å². The Hall–Kier alpha value is -3.39. The van der Waals surface area contributed by atoms with E-state index in [-0.39, 0.29) is 10.5 Å². The second kappa shape index (κ2) is 9.62. The number of piperidine rings is 1. The first-order valence-electron chi connectivity index (χ1n) is 10.9. The molecule has 172 valence electrons. The Morgan fingerprint density at radius 1 is 0.939 bits per heavy atom. The summed E-state index contributed by atoms with van der Waals surface area (Å²) in [5.41, 5.74) is 1.82. The van der Waals surface area contributed by atoms with Crippen molar-refractivity contribution in [3.63, 3.8) is 0 Å². The SMILES string of the molecule is CN(c1ccccc1)S(=O)(=O)c1cccc(C(=O)Nc2cc(F)ccc2N2CCCCC2)c1. The van der Waals surface area contributed by atoms with Crippen LogP contribution in [0.3, 0.4) is 0 Å². The molecule has 3 aromatic rings. The van der Waals surface area contributed by atoms with Crippen molar-refractivity contribution in [3.05, 3.63) is 84.2 Å². The van der Waals surface area contributed by atoms with Crippen LogP contribution in [0.4, 0.5) is 21.5 Å². The minimum Gasteiger partial charge on any atom is -0.370 e. The van der Waals surface area contributed by atoms with Crippen LogP contribution < -0.4 is 14.5 Å². The fraction of sp³-hybridized carbons (Fsp3) is 0.240. The normalized spacial score (nSPS) is 14.1. The highest BCUT2D eigenvalue weighted by Gasteiger charge is 2.23. The van der Waals surface area contributed by atoms with Crippen LogP contribution in [-0.4, -0.2) is 34.5 Å². The molecule has 0 unspecified atom stereocenters. The lowest BCUT2D eigenvalue weighted by atomic mass is 10.1. The number of rotatable bonds is 6. The predicted octanol–water partition coefficient (Wildman–Crippen LogP) is 4.89. The average Bonchev–Trinajstić information content (AvgIpc) is 2.85. The lowest BCUT2D eigenvalue weighted by molar-refractivity contribution is 0.102. The number of amides is 1. The number of hydrogen-bond acceptors (Lipinski definition) is 4. The van der Waals surface area contributed by atoms with Gasteiger partial charge in [0.15, 0.2) is 0 Å². The molecule has 0 aliphatic carbocycles. The number of nitrogens with zero attached hydrogens (tertiary/aromatic N) is 2. The molecule has 0 saturated carbocycles. The third-order valence-electron chi connectivity index (χ3n) is 5.78. The molecule has 1 N–H and O–H groups in total. The summed E-state index contributed by atoms with van der Waals surface area (Å²) in [6.45, 7) is 1.68. The van der Waals surface area contributed by atoms with Gasteiger partial charge in [0.1, 0.15) is 5.82 Å². The van der Waals surface area contributed by atoms with Gasteiger partial charge in [0.05, 0.1) is 22.0 Å². The largest absolute Gasteiger partial charge is 0.370 e. The number of nitrogens with one attached hydrogen (secondary N) is 1. The zero-order chi connectivity index (χ0) is 23.4. The summed E-state index contributed by atoms with van der Waals surface area (Å²) in [4.78, 5) is 15.1. The molecule has 3 aromatic carbocycles. The Balaban J connectivity index is 1.60. The van der Waals surface area contributed by atoms with Gasteiger partial charge in [0, 0.05) is 25.7 Å². The van der Waals surface area contributed by atoms with Gasteiger partial charge < -0.3 is 10.2 Å². The average molecular weight is 468 g/mol. The quantitative estimate of drug-likeness (QED) is 0.560. The highest BCUT2D eigenvalue weighted by Crippen LogP contribution is 2.30. The Morgan fingerprint density at radius 2 is 1.67 bits per heavy atom. The van der Waals surface area contributed by atoms with Crippen LogP contribution in [0.1, 0.15) is 29.6 Å². The van der Waals surface area contributed by atoms with Crippen LogP contribution in [0.25, 0.3) is 0 Å². The molecule has 0 spiro atoms. The standard InChI is InChI=1S/C25H26FN3O3S/c1-28(21-10-4-2-5-11-21)33(31,32)22-12-8-9-19(17-22)25(30)27-23-18-20(26)13-14-24(23)29-15-6-3-7-16-29/h2,4-5,8-14,17-18H,3,6-7,15-16H2,1H3,(H,27,30). The van der Waals surface area contributed by atoms with E-state index in [4.69, 9.17) is 0 Å². The van der Waals surface area contributed by atoms with Crippen molar-refractivity contribution >= 4 is 33.0 Å². The van der Waals surface area contributed by atoms with Gasteiger partial charge in [-0.1, -0.05) is 24.3 Å². The van der Waals surface area contributed by atoms with Crippen molar-refractivity contribution in [2.45, 2.75) is 24.2 Å². The molecular formula is C25H26FN3O3S. The van der Waals surface area contributed by atoms with Crippen molar-refractivity contribution in [3.8, 4) is 0 Å². The molecule has 0 bridgehead atoms. The van der Waals surface area contributed by atoms with E-state index in [0.29, 0.717) is 11.4 Å². The maximum atomic E-state index is 14.0. The third kappa shape index (κ3) is 5.01. The van der Waals surface area contributed by atoms with Gasteiger partial charge >= 0.3 is 0 Å². The summed E-state index contributed by atoms with van der Waals surface area (Å²) in [5.74, 6) is -0.954. The summed E-state index contributed by atoms with van der Waals surface area (Å²) in [6, 6.07) is 18.9. The fourth-order valence-electron chi connectivity index (χ4n) is 3.95. The molecule has 1 fully saturated rings. The van der Waals surface area contributed by atoms with Crippen LogP contribution in [0, 0.1) is 5.82 Å². The van der Waals surface area contributed by atoms with Gasteiger partial charge in [0.25, 0.3) is 15.9 Å². The van der Waals surface area contributed by atoms with Crippen molar-refractivity contribution in [1.82, 2.24) is 0 Å². The van der Waals surface area contributed by atoms with Crippen molar-refractivity contribution < 1.29 is 17.6 Å². The summed E-state index contributed by atoms with van der Waals surface area (Å²) in [5, 5.41) is 2.78. The van der Waals surface area contributed by atoms with E-state index in [2.05, 4.69) is 10.2 Å². The van der Waals surface area contributed by atoms with Gasteiger partial charge in [-0.3, -0.25) is 9.10 Å². The van der Waals surface area contributed by atoms with Crippen LogP contribution in [0.5, 0.6) is 0 Å². The maximum absolute atomic E-state index is 14.0. The summed E-state index contributed by atoms with van der Waals surface area (Å²) in [7, 11) is -2.40. The molecule has 4 rings (SSSR count). The Kier molecular flexibility index (Phi) is 6.65. The monoisotopic (exact) mass is 467 g/mol. The third-order valence-corrected chi connectivity index (χ3v) is 7.56. The van der Waals surface area contributed by atoms with Crippen LogP contribution in [0.15, 0.2) is 77.7 Å². The minimum atomic E-state index is -3.87. The van der Waals surface area contributed by atoms with E-state index >= 15 is 0 Å². The van der Waals surface area contributed by atoms with Crippen LogP contribution in [0.2, 0.25) is 0 Å². The fourth-order valence-corrected chi connectivity index (χ4v) is 5.19. The predicted molar refractivity (Wildman–Crippen MR) is 129 cm³/mol. The topological polar surface area (TPSA) is 69.7 Å². The molecule has 1 heterocycles. The summed E-state index contributed by atoms with van der Waals surface area (Å²) >= 11 is 0. The van der Waals surface area contributed by atoms with Gasteiger partial charge in [-0.15, -0.1) is 0 Å². The highest BCUT2D eigenvalue weighted by atomic mass is 32.2. The first-order valence-corrected chi connectivity index (χ1v) is 12.3. The molecule has 0 atom stereocenters. The Morgan fingerprint density at radius 3 is 2.39 bits per heavy atom. The van der Waals surface area contributed by atoms with Crippen molar-refractivity contribution in [1.29, 1.82) is 0 Å². The van der Waals surface area contributed by atoms with Gasteiger partial charge in [-0.2, -0.15) is 0 Å². The molecule has 8 heteroatoms. The molecule has 1 aliphatic rings. The Bertz CT molecular complexity index is 1240. The molecule has 1 saturated heterocycles. The first-order chi connectivity index (χ1) is 15.9. The van der Waals surface area contributed by atoms with Crippen molar-refractivity contribution in [2.24, 2.45) is 0 Å². The summed E-state index contributed by atoms with van der Waals surface area (Å²) < 4.78 is 41.4. The lowest BCUT2D eigenvalue weighted by Crippen LogP contribution is -2.30. The molecule has 0 radical (unpaired) electrons. The number of carbonyl (C=O) groups excluding carboxylic acids is 1. The second-order valence-corrected chi connectivity index (χ2v) is 9.97. The lowest BCUT2D eigenvalue weighted by Gasteiger charge is -2.30. The number of para-hydroxylation sites is 1. The first kappa shape index (κ1) is 22.8. The van der Waals surface area contributed by atoms with E-state index in [1.807, 2.05) is 0 Å². The van der Waals surface area contributed by atoms with E-state index < -0.39 is 21.7 Å². The number of hydrogen-bond donors (Lipinski definition) is 1. The van der Waals surface area contributed by atoms with E-state index in [1.54, 1.807) is 36.4 Å². The molecular weight excluding hydrogens is 441 g/mol. The Labute approximate surface area is 193 Å². The second-order valence-electron chi connectivity index (χ2n) is 8.00. The van der Waals surface area contributed by atoms with Crippen LogP contribution >= 0.6 is 0 Å². The minimum absolute atomic E-state index is 0.00278. The van der Waals surface area contributed by atoms with Crippen LogP contribution in [-0.2, 0) is 10.0 Å². The number of halogens is 1. The van der Waals surface area contributed by atoms with E-state index in [9.17, 15) is 17.6 Å². The smallest absolute Gasteiger partial charge is 0.264 e. The highest BCUT2D eigenvalue weighted by molar-refractivity contribution is 7.92. The number of sulfonamides is 1. The maximum Gasteiger partial charge on any atom is 0.264 e. The zero-order valence-electron chi connectivity index (χ0n) is 18.4. The number of carbonyl (C=O) groups is 1. The molecule has 1 aliphatic heterocycles. The number of benzene rings is 3. The molecule has 6 nitrogen and oxygen atoms in total. The molecule has 0 aromatic heterocycles.